The fraction of sp³-hybridized carbons (Fsp3) is 0.552. The molecular formula is C29H30F7NO. The van der Waals surface area contributed by atoms with Crippen molar-refractivity contribution in [3.8, 4) is 0 Å². The first-order valence-electron chi connectivity index (χ1n) is 13.1. The minimum absolute atomic E-state index is 0.118. The Balaban J connectivity index is 1.52. The first-order chi connectivity index (χ1) is 17.7. The van der Waals surface area contributed by atoms with E-state index in [2.05, 4.69) is 0 Å². The van der Waals surface area contributed by atoms with Gasteiger partial charge in [-0.25, -0.2) is 17.6 Å². The Labute approximate surface area is 217 Å². The van der Waals surface area contributed by atoms with E-state index in [9.17, 15) is 35.5 Å². The van der Waals surface area contributed by atoms with Crippen molar-refractivity contribution in [2.45, 2.75) is 87.5 Å². The zero-order valence-corrected chi connectivity index (χ0v) is 21.1. The van der Waals surface area contributed by atoms with Crippen LogP contribution in [0.15, 0.2) is 42.5 Å². The van der Waals surface area contributed by atoms with Gasteiger partial charge in [0, 0.05) is 36.8 Å². The summed E-state index contributed by atoms with van der Waals surface area (Å²) in [6.45, 7) is 0.903. The minimum atomic E-state index is -5.07. The van der Waals surface area contributed by atoms with E-state index < -0.39 is 40.5 Å². The van der Waals surface area contributed by atoms with Crippen molar-refractivity contribution in [1.82, 2.24) is 4.90 Å². The predicted octanol–water partition coefficient (Wildman–Crippen LogP) is 7.43. The van der Waals surface area contributed by atoms with Crippen LogP contribution in [-0.2, 0) is 28.7 Å². The van der Waals surface area contributed by atoms with E-state index in [1.807, 2.05) is 0 Å². The second-order valence-corrected chi connectivity index (χ2v) is 11.3. The molecule has 1 saturated carbocycles. The Morgan fingerprint density at radius 3 is 2.26 bits per heavy atom. The van der Waals surface area contributed by atoms with Gasteiger partial charge in [-0.05, 0) is 79.8 Å². The summed E-state index contributed by atoms with van der Waals surface area (Å²) >= 11 is 0. The Morgan fingerprint density at radius 1 is 0.974 bits per heavy atom. The zero-order valence-electron chi connectivity index (χ0n) is 21.1. The van der Waals surface area contributed by atoms with Crippen molar-refractivity contribution in [3.63, 3.8) is 0 Å². The number of likely N-dealkylation sites (tertiary alicyclic amines) is 1. The Hall–Kier alpha value is -2.58. The van der Waals surface area contributed by atoms with Crippen molar-refractivity contribution in [1.29, 1.82) is 0 Å². The molecule has 0 radical (unpaired) electrons. The lowest BCUT2D eigenvalue weighted by molar-refractivity contribution is -0.228. The lowest BCUT2D eigenvalue weighted by Gasteiger charge is -2.45. The monoisotopic (exact) mass is 541 g/mol. The number of carbonyl (C=O) groups is 1. The Morgan fingerprint density at radius 2 is 1.63 bits per heavy atom. The van der Waals surface area contributed by atoms with E-state index in [4.69, 9.17) is 0 Å². The highest BCUT2D eigenvalue weighted by Crippen LogP contribution is 2.51. The van der Waals surface area contributed by atoms with Crippen LogP contribution in [0.3, 0.4) is 0 Å². The summed E-state index contributed by atoms with van der Waals surface area (Å²) in [5, 5.41) is 0. The van der Waals surface area contributed by atoms with Crippen LogP contribution in [0.1, 0.15) is 67.7 Å². The lowest BCUT2D eigenvalue weighted by Crippen LogP contribution is -2.51. The summed E-state index contributed by atoms with van der Waals surface area (Å²) in [5.74, 6) is -3.79. The van der Waals surface area contributed by atoms with Crippen LogP contribution in [0, 0.1) is 11.7 Å². The normalized spacial score (nSPS) is 26.9. The molecule has 0 aromatic heterocycles. The van der Waals surface area contributed by atoms with E-state index in [0.29, 0.717) is 44.7 Å². The number of fused-ring (bicyclic) bond motifs is 3. The van der Waals surface area contributed by atoms with E-state index in [1.54, 1.807) is 23.1 Å². The molecule has 2 aliphatic carbocycles. The van der Waals surface area contributed by atoms with Crippen molar-refractivity contribution >= 4 is 5.91 Å². The molecule has 0 N–H and O–H groups in total. The zero-order chi connectivity index (χ0) is 27.5. The first-order valence-corrected chi connectivity index (χ1v) is 13.1. The molecule has 206 valence electrons. The molecule has 2 fully saturated rings. The van der Waals surface area contributed by atoms with Crippen molar-refractivity contribution in [2.24, 2.45) is 5.92 Å². The molecule has 1 aliphatic heterocycles. The third-order valence-corrected chi connectivity index (χ3v) is 9.00. The Bertz CT molecular complexity index is 1200. The van der Waals surface area contributed by atoms with Crippen LogP contribution in [0.4, 0.5) is 30.7 Å². The number of aryl methyl sites for hydroxylation is 1. The molecule has 1 saturated heterocycles. The molecule has 1 heterocycles. The van der Waals surface area contributed by atoms with Gasteiger partial charge in [-0.1, -0.05) is 30.3 Å². The summed E-state index contributed by atoms with van der Waals surface area (Å²) < 4.78 is 96.2. The third-order valence-electron chi connectivity index (χ3n) is 9.00. The number of carbonyl (C=O) groups excluding carboxylic acids is 1. The number of halogens is 7. The summed E-state index contributed by atoms with van der Waals surface area (Å²) in [4.78, 5) is 15.4. The number of nitrogens with zero attached hydrogens (tertiary/aromatic N) is 1. The van der Waals surface area contributed by atoms with Crippen LogP contribution in [-0.4, -0.2) is 35.5 Å². The molecule has 0 bridgehead atoms. The average molecular weight is 542 g/mol. The summed E-state index contributed by atoms with van der Waals surface area (Å²) in [5.41, 5.74) is -2.45. The van der Waals surface area contributed by atoms with Gasteiger partial charge in [0.15, 0.2) is 0 Å². The molecule has 9 heteroatoms. The van der Waals surface area contributed by atoms with Crippen molar-refractivity contribution < 1.29 is 35.5 Å². The van der Waals surface area contributed by atoms with Gasteiger partial charge in [0.05, 0.1) is 0 Å². The van der Waals surface area contributed by atoms with Gasteiger partial charge >= 0.3 is 6.18 Å². The number of rotatable bonds is 4. The Kier molecular flexibility index (Phi) is 6.58. The maximum atomic E-state index is 14.8. The molecule has 1 amide bonds. The summed E-state index contributed by atoms with van der Waals surface area (Å²) in [6, 6.07) is 9.71. The second kappa shape index (κ2) is 9.26. The summed E-state index contributed by atoms with van der Waals surface area (Å²) in [6.07, 6.45) is -3.73. The topological polar surface area (TPSA) is 20.3 Å². The third kappa shape index (κ3) is 4.60. The van der Waals surface area contributed by atoms with Crippen LogP contribution < -0.4 is 0 Å². The second-order valence-electron chi connectivity index (χ2n) is 11.3. The molecule has 2 aromatic carbocycles. The van der Waals surface area contributed by atoms with Gasteiger partial charge in [0.25, 0.3) is 0 Å². The van der Waals surface area contributed by atoms with E-state index >= 15 is 0 Å². The molecule has 2 aromatic rings. The number of alkyl halides is 6. The highest BCUT2D eigenvalue weighted by Gasteiger charge is 2.56. The maximum Gasteiger partial charge on any atom is 0.426 e. The van der Waals surface area contributed by atoms with E-state index in [1.165, 1.54) is 24.3 Å². The minimum Gasteiger partial charge on any atom is -0.339 e. The number of benzene rings is 2. The summed E-state index contributed by atoms with van der Waals surface area (Å²) in [7, 11) is 0. The fourth-order valence-electron chi connectivity index (χ4n) is 6.77. The van der Waals surface area contributed by atoms with Crippen molar-refractivity contribution in [2.75, 3.05) is 6.54 Å². The molecule has 2 nitrogen and oxygen atoms in total. The predicted molar refractivity (Wildman–Crippen MR) is 128 cm³/mol. The molecule has 38 heavy (non-hydrogen) atoms. The molecular weight excluding hydrogens is 511 g/mol. The lowest BCUT2D eigenvalue weighted by atomic mass is 9.63. The average Bonchev–Trinajstić information content (AvgIpc) is 3.23. The van der Waals surface area contributed by atoms with Gasteiger partial charge in [0.2, 0.25) is 17.5 Å². The molecule has 5 rings (SSSR count). The van der Waals surface area contributed by atoms with Crippen LogP contribution >= 0.6 is 0 Å². The molecule has 1 unspecified atom stereocenters. The van der Waals surface area contributed by atoms with Crippen LogP contribution in [0.25, 0.3) is 0 Å². The first kappa shape index (κ1) is 27.0. The van der Waals surface area contributed by atoms with Crippen LogP contribution in [0.5, 0.6) is 0 Å². The quantitative estimate of drug-likeness (QED) is 0.369. The maximum absolute atomic E-state index is 14.8. The van der Waals surface area contributed by atoms with Gasteiger partial charge in [-0.3, -0.25) is 4.79 Å². The van der Waals surface area contributed by atoms with Gasteiger partial charge in [-0.2, -0.15) is 13.2 Å². The highest BCUT2D eigenvalue weighted by atomic mass is 19.4. The van der Waals surface area contributed by atoms with Gasteiger partial charge in [0.1, 0.15) is 5.82 Å². The number of hydrogen-bond acceptors (Lipinski definition) is 1. The van der Waals surface area contributed by atoms with Gasteiger partial charge < -0.3 is 4.90 Å². The van der Waals surface area contributed by atoms with E-state index in [0.717, 1.165) is 11.1 Å². The SMILES string of the molecule is CC(F)(c1ccc2c(c1)CC[C@H]1N(C(=O)C3CCC(F)(F)CC3)CC[C@@]21Cc1ccc(F)cc1)C(F)(F)F. The van der Waals surface area contributed by atoms with Crippen LogP contribution in [0.2, 0.25) is 0 Å². The standard InChI is InChI=1S/C29H30F7NO/c1-26(31,29(34,35)36)21-5-8-23-20(16-21)4-9-24-27(23,17-18-2-6-22(30)7-3-18)14-15-37(24)25(38)19-10-12-28(32,33)13-11-19/h2-3,5-8,16,19,24H,4,9-15,17H2,1H3/t24-,26?,27-/m1/s1. The number of amides is 1. The smallest absolute Gasteiger partial charge is 0.339 e. The highest BCUT2D eigenvalue weighted by molar-refractivity contribution is 5.80. The van der Waals surface area contributed by atoms with E-state index in [-0.39, 0.29) is 37.6 Å². The largest absolute Gasteiger partial charge is 0.426 e. The number of hydrogen-bond donors (Lipinski definition) is 0. The molecule has 0 spiro atoms. The fourth-order valence-corrected chi connectivity index (χ4v) is 6.77. The molecule has 3 aliphatic rings. The molecule has 3 atom stereocenters. The van der Waals surface area contributed by atoms with Gasteiger partial charge in [-0.15, -0.1) is 0 Å². The van der Waals surface area contributed by atoms with Crippen molar-refractivity contribution in [3.05, 3.63) is 70.5 Å².